The molecule has 0 saturated heterocycles. The fourth-order valence-corrected chi connectivity index (χ4v) is 2.27. The van der Waals surface area contributed by atoms with Gasteiger partial charge in [0.25, 0.3) is 0 Å². The second-order valence-electron chi connectivity index (χ2n) is 3.07. The van der Waals surface area contributed by atoms with Crippen molar-refractivity contribution in [2.75, 3.05) is 5.73 Å². The molecule has 17 heavy (non-hydrogen) atoms. The fourth-order valence-electron chi connectivity index (χ4n) is 1.12. The maximum Gasteiger partial charge on any atom is 0.325 e. The predicted octanol–water partition coefficient (Wildman–Crippen LogP) is 4.03. The smallest absolute Gasteiger partial charge is 0.325 e. The van der Waals surface area contributed by atoms with Gasteiger partial charge in [0.15, 0.2) is 0 Å². The van der Waals surface area contributed by atoms with E-state index in [9.17, 15) is 0 Å². The Morgan fingerprint density at radius 1 is 1.18 bits per heavy atom. The van der Waals surface area contributed by atoms with Gasteiger partial charge in [-0.15, -0.1) is 0 Å². The van der Waals surface area contributed by atoms with Crippen LogP contribution in [0.3, 0.4) is 0 Å². The molecule has 88 valence electrons. The van der Waals surface area contributed by atoms with Crippen LogP contribution in [-0.4, -0.2) is 9.97 Å². The summed E-state index contributed by atoms with van der Waals surface area (Å²) in [4.78, 5) is 8.00. The lowest BCUT2D eigenvalue weighted by atomic mass is 10.3. The number of benzene rings is 1. The molecule has 0 saturated carbocycles. The summed E-state index contributed by atoms with van der Waals surface area (Å²) in [7, 11) is 0. The van der Waals surface area contributed by atoms with Crippen molar-refractivity contribution in [1.82, 2.24) is 9.97 Å². The van der Waals surface area contributed by atoms with Crippen molar-refractivity contribution in [2.24, 2.45) is 0 Å². The highest BCUT2D eigenvalue weighted by Gasteiger charge is 2.07. The van der Waals surface area contributed by atoms with Gasteiger partial charge in [0, 0.05) is 11.1 Å². The van der Waals surface area contributed by atoms with Crippen LogP contribution in [0.2, 0.25) is 5.02 Å². The van der Waals surface area contributed by atoms with Crippen LogP contribution in [0.25, 0.3) is 0 Å². The number of ether oxygens (including phenoxy) is 1. The number of aromatic nitrogens is 2. The molecule has 0 spiro atoms. The number of hydrogen-bond acceptors (Lipinski definition) is 4. The number of hydrogen-bond donors (Lipinski definition) is 1. The van der Waals surface area contributed by atoms with E-state index >= 15 is 0 Å². The van der Waals surface area contributed by atoms with E-state index in [1.807, 2.05) is 0 Å². The highest BCUT2D eigenvalue weighted by molar-refractivity contribution is 9.10. The Morgan fingerprint density at radius 2 is 1.94 bits per heavy atom. The van der Waals surface area contributed by atoms with Gasteiger partial charge in [0.1, 0.15) is 16.2 Å². The standard InChI is InChI=1S/C10H6Br2ClN3O/c11-6-3-5(13)1-2-7(6)17-10-15-8(12)4-9(14)16-10/h1-4H,(H2,14,15,16). The van der Waals surface area contributed by atoms with E-state index in [0.717, 1.165) is 0 Å². The lowest BCUT2D eigenvalue weighted by molar-refractivity contribution is 0.439. The largest absolute Gasteiger partial charge is 0.423 e. The van der Waals surface area contributed by atoms with Crippen LogP contribution in [0.5, 0.6) is 11.8 Å². The number of anilines is 1. The molecule has 1 aromatic carbocycles. The molecule has 2 N–H and O–H groups in total. The molecule has 0 amide bonds. The van der Waals surface area contributed by atoms with E-state index in [0.29, 0.717) is 25.7 Å². The molecule has 0 aliphatic carbocycles. The van der Waals surface area contributed by atoms with Gasteiger partial charge in [0.05, 0.1) is 4.47 Å². The van der Waals surface area contributed by atoms with Gasteiger partial charge in [-0.3, -0.25) is 0 Å². The first-order chi connectivity index (χ1) is 8.04. The van der Waals surface area contributed by atoms with Gasteiger partial charge < -0.3 is 10.5 Å². The average molecular weight is 379 g/mol. The molecular formula is C10H6Br2ClN3O. The SMILES string of the molecule is Nc1cc(Br)nc(Oc2ccc(Cl)cc2Br)n1. The monoisotopic (exact) mass is 377 g/mol. The van der Waals surface area contributed by atoms with Crippen molar-refractivity contribution in [1.29, 1.82) is 0 Å². The van der Waals surface area contributed by atoms with Crippen molar-refractivity contribution in [3.05, 3.63) is 38.4 Å². The Bertz CT molecular complexity index is 545. The maximum absolute atomic E-state index is 5.83. The number of nitrogens with two attached hydrogens (primary N) is 1. The molecule has 0 atom stereocenters. The van der Waals surface area contributed by atoms with Crippen LogP contribution in [-0.2, 0) is 0 Å². The van der Waals surface area contributed by atoms with Crippen molar-refractivity contribution in [3.63, 3.8) is 0 Å². The summed E-state index contributed by atoms with van der Waals surface area (Å²) >= 11 is 12.4. The van der Waals surface area contributed by atoms with Crippen molar-refractivity contribution >= 4 is 49.3 Å². The lowest BCUT2D eigenvalue weighted by Crippen LogP contribution is -1.97. The molecule has 0 aliphatic heterocycles. The first-order valence-corrected chi connectivity index (χ1v) is 6.44. The quantitative estimate of drug-likeness (QED) is 0.801. The summed E-state index contributed by atoms with van der Waals surface area (Å²) in [5, 5.41) is 0.610. The summed E-state index contributed by atoms with van der Waals surface area (Å²) in [6.45, 7) is 0. The van der Waals surface area contributed by atoms with Crippen molar-refractivity contribution in [2.45, 2.75) is 0 Å². The number of halogens is 3. The molecule has 0 unspecified atom stereocenters. The lowest BCUT2D eigenvalue weighted by Gasteiger charge is -2.06. The topological polar surface area (TPSA) is 61.0 Å². The molecule has 0 radical (unpaired) electrons. The Kier molecular flexibility index (Phi) is 3.86. The molecule has 0 fully saturated rings. The Balaban J connectivity index is 2.31. The van der Waals surface area contributed by atoms with Crippen LogP contribution in [0, 0.1) is 0 Å². The molecule has 2 rings (SSSR count). The van der Waals surface area contributed by atoms with Crippen molar-refractivity contribution < 1.29 is 4.74 Å². The van der Waals surface area contributed by atoms with E-state index in [-0.39, 0.29) is 6.01 Å². The van der Waals surface area contributed by atoms with Crippen LogP contribution < -0.4 is 10.5 Å². The molecule has 0 bridgehead atoms. The summed E-state index contributed by atoms with van der Waals surface area (Å²) in [6, 6.07) is 6.90. The molecule has 2 aromatic rings. The normalized spacial score (nSPS) is 10.3. The zero-order valence-corrected chi connectivity index (χ0v) is 12.3. The first-order valence-electron chi connectivity index (χ1n) is 4.47. The predicted molar refractivity (Wildman–Crippen MR) is 73.4 cm³/mol. The molecule has 4 nitrogen and oxygen atoms in total. The second kappa shape index (κ2) is 5.20. The van der Waals surface area contributed by atoms with Crippen LogP contribution in [0.15, 0.2) is 33.3 Å². The Labute approximate surface area is 119 Å². The minimum absolute atomic E-state index is 0.167. The van der Waals surface area contributed by atoms with Crippen LogP contribution >= 0.6 is 43.5 Å². The van der Waals surface area contributed by atoms with Gasteiger partial charge in [-0.1, -0.05) is 11.6 Å². The highest BCUT2D eigenvalue weighted by atomic mass is 79.9. The summed E-state index contributed by atoms with van der Waals surface area (Å²) in [5.41, 5.74) is 5.58. The third-order valence-electron chi connectivity index (χ3n) is 1.79. The zero-order valence-electron chi connectivity index (χ0n) is 8.32. The summed E-state index contributed by atoms with van der Waals surface area (Å²) in [5.74, 6) is 0.888. The van der Waals surface area contributed by atoms with Crippen molar-refractivity contribution in [3.8, 4) is 11.8 Å². The molecule has 1 heterocycles. The zero-order chi connectivity index (χ0) is 12.4. The second-order valence-corrected chi connectivity index (χ2v) is 5.18. The fraction of sp³-hybridized carbons (Fsp3) is 0. The van der Waals surface area contributed by atoms with E-state index in [1.165, 1.54) is 0 Å². The van der Waals surface area contributed by atoms with E-state index in [2.05, 4.69) is 41.8 Å². The maximum atomic E-state index is 5.83. The first kappa shape index (κ1) is 12.6. The number of nitrogen functional groups attached to an aromatic ring is 1. The summed E-state index contributed by atoms with van der Waals surface area (Å²) < 4.78 is 6.76. The molecule has 1 aromatic heterocycles. The minimum atomic E-state index is 0.167. The molecular weight excluding hydrogens is 373 g/mol. The minimum Gasteiger partial charge on any atom is -0.423 e. The van der Waals surface area contributed by atoms with Crippen LogP contribution in [0.4, 0.5) is 5.82 Å². The van der Waals surface area contributed by atoms with Crippen LogP contribution in [0.1, 0.15) is 0 Å². The summed E-state index contributed by atoms with van der Waals surface area (Å²) in [6.07, 6.45) is 0. The number of nitrogens with zero attached hydrogens (tertiary/aromatic N) is 2. The highest BCUT2D eigenvalue weighted by Crippen LogP contribution is 2.31. The van der Waals surface area contributed by atoms with Gasteiger partial charge in [-0.25, -0.2) is 0 Å². The Hall–Kier alpha value is -0.850. The van der Waals surface area contributed by atoms with E-state index < -0.39 is 0 Å². The molecule has 7 heteroatoms. The Morgan fingerprint density at radius 3 is 2.59 bits per heavy atom. The van der Waals surface area contributed by atoms with Gasteiger partial charge >= 0.3 is 6.01 Å². The van der Waals surface area contributed by atoms with E-state index in [4.69, 9.17) is 22.1 Å². The van der Waals surface area contributed by atoms with Gasteiger partial charge in [-0.05, 0) is 50.1 Å². The van der Waals surface area contributed by atoms with Gasteiger partial charge in [-0.2, -0.15) is 9.97 Å². The van der Waals surface area contributed by atoms with E-state index in [1.54, 1.807) is 24.3 Å². The van der Waals surface area contributed by atoms with Gasteiger partial charge in [0.2, 0.25) is 0 Å². The molecule has 0 aliphatic rings. The third-order valence-corrected chi connectivity index (χ3v) is 3.05. The third kappa shape index (κ3) is 3.31. The number of rotatable bonds is 2. The average Bonchev–Trinajstić information content (AvgIpc) is 2.21.